The molecular weight excluding hydrogens is 1810 g/mol. The maximum atomic E-state index is 13.4. The number of nitrogens with zero attached hydrogens (tertiary/aromatic N) is 12. The molecule has 11 rings (SSSR count). The number of hydrogen-bond donors (Lipinski definition) is 10. The third-order valence-corrected chi connectivity index (χ3v) is 24.8. The molecule has 0 unspecified atom stereocenters. The molecule has 14 N–H and O–H groups in total. The van der Waals surface area contributed by atoms with E-state index in [4.69, 9.17) is 80.6 Å². The molecule has 0 fully saturated rings. The number of terminal acetylenes is 1. The summed E-state index contributed by atoms with van der Waals surface area (Å²) in [6.07, 6.45) is 8.65. The van der Waals surface area contributed by atoms with Gasteiger partial charge in [-0.05, 0) is 131 Å². The number of esters is 2. The van der Waals surface area contributed by atoms with E-state index in [9.17, 15) is 59.1 Å². The van der Waals surface area contributed by atoms with Crippen molar-refractivity contribution in [1.29, 1.82) is 0 Å². The number of nitrogens with one attached hydrogen (secondary N) is 3. The van der Waals surface area contributed by atoms with Crippen LogP contribution in [0.15, 0.2) is 158 Å². The number of aliphatic carboxylic acids is 1. The van der Waals surface area contributed by atoms with Gasteiger partial charge in [-0.15, -0.1) is 50.6 Å². The number of methoxy groups -OCH3 is 2. The number of aliphatic hydroxyl groups is 3. The van der Waals surface area contributed by atoms with Crippen LogP contribution in [-0.4, -0.2) is 216 Å². The second-order valence-corrected chi connectivity index (χ2v) is 36.8. The van der Waals surface area contributed by atoms with Gasteiger partial charge in [-0.3, -0.25) is 14.4 Å². The minimum absolute atomic E-state index is 0. The number of fused-ring (bicyclic) bond motifs is 3. The third kappa shape index (κ3) is 32.2. The maximum absolute atomic E-state index is 13.4. The van der Waals surface area contributed by atoms with E-state index in [2.05, 4.69) is 67.5 Å². The molecule has 0 aliphatic carbocycles. The minimum Gasteiger partial charge on any atom is -0.870 e. The number of rotatable bonds is 41. The van der Waals surface area contributed by atoms with Gasteiger partial charge in [-0.2, -0.15) is 0 Å². The number of primary sulfonamides is 3. The molecule has 692 valence electrons. The Bertz CT molecular complexity index is 6070. The van der Waals surface area contributed by atoms with E-state index in [0.717, 1.165) is 45.1 Å². The van der Waals surface area contributed by atoms with Crippen molar-refractivity contribution in [3.63, 3.8) is 0 Å². The summed E-state index contributed by atoms with van der Waals surface area (Å²) < 4.78 is 115. The van der Waals surface area contributed by atoms with Crippen LogP contribution in [0.5, 0.6) is 34.5 Å². The van der Waals surface area contributed by atoms with Gasteiger partial charge in [-0.25, -0.2) is 79.4 Å². The van der Waals surface area contributed by atoms with Gasteiger partial charge in [0.25, 0.3) is 30.1 Å². The first-order chi connectivity index (χ1) is 60.8. The van der Waals surface area contributed by atoms with E-state index in [0.29, 0.717) is 82.1 Å². The van der Waals surface area contributed by atoms with Crippen LogP contribution in [0.3, 0.4) is 0 Å². The number of azide groups is 1. The molecule has 5 heterocycles. The summed E-state index contributed by atoms with van der Waals surface area (Å²) in [5.74, 6) is 0.954. The van der Waals surface area contributed by atoms with Gasteiger partial charge in [0.05, 0.1) is 77.1 Å². The monoisotopic (exact) mass is 1910 g/mol. The Morgan fingerprint density at radius 1 is 0.492 bits per heavy atom. The van der Waals surface area contributed by atoms with E-state index in [-0.39, 0.29) is 134 Å². The van der Waals surface area contributed by atoms with Crippen LogP contribution in [0.2, 0.25) is 0 Å². The molecule has 50 heteroatoms. The first-order valence-corrected chi connectivity index (χ1v) is 45.7. The SMILES string of the molecule is C#CCOc1ccc2nc(S(N)(=O)=O)sc2c1.CC(C)[C@@H](C(=O)N[C@@H](Cc1ccc(OCCO)cc1)C(=O)O)n1cc(COc2ccc3nc(S(N)(=O)=O)sc3c2)nn1.COC(=O)[C@H](Cc1ccc(OCCO)cc1)NC(=O)[C@@H](N=[N+]=[N-])C(C)C.COC(=O)[C@H](Cc1ccc(OCCO)cc1)NC(=O)[C@H](C(C)C)n1cc(COc2ccc3nc(S(N)(=O)=O)sc3c2)nn1.[Li+].[OH-]. The van der Waals surface area contributed by atoms with E-state index in [1.54, 1.807) is 154 Å². The van der Waals surface area contributed by atoms with Crippen LogP contribution in [0, 0.1) is 30.1 Å². The van der Waals surface area contributed by atoms with E-state index in [1.807, 2.05) is 27.7 Å². The number of carboxylic acid groups (broad SMARTS) is 1. The van der Waals surface area contributed by atoms with Crippen LogP contribution < -0.4 is 78.6 Å². The first kappa shape index (κ1) is 107. The molecule has 0 spiro atoms. The molecule has 6 atom stereocenters. The predicted molar refractivity (Wildman–Crippen MR) is 469 cm³/mol. The normalized spacial score (nSPS) is 12.6. The van der Waals surface area contributed by atoms with Crippen molar-refractivity contribution < 1.29 is 137 Å². The van der Waals surface area contributed by atoms with Crippen LogP contribution in [0.1, 0.15) is 81.7 Å². The Hall–Kier alpha value is -12.1. The average Bonchev–Trinajstić information content (AvgIpc) is 1.67. The molecule has 130 heavy (non-hydrogen) atoms. The molecule has 3 amide bonds. The molecule has 5 aromatic heterocycles. The molecule has 43 nitrogen and oxygen atoms in total. The van der Waals surface area contributed by atoms with Gasteiger partial charge in [0.15, 0.2) is 0 Å². The van der Waals surface area contributed by atoms with Gasteiger partial charge in [0.1, 0.15) is 122 Å². The van der Waals surface area contributed by atoms with Gasteiger partial charge < -0.3 is 79.7 Å². The van der Waals surface area contributed by atoms with Crippen molar-refractivity contribution in [3.05, 3.63) is 178 Å². The summed E-state index contributed by atoms with van der Waals surface area (Å²) >= 11 is 2.86. The van der Waals surface area contributed by atoms with Gasteiger partial charge in [0, 0.05) is 24.2 Å². The number of carboxylic acids is 1. The number of benzene rings is 6. The molecule has 0 radical (unpaired) electrons. The summed E-state index contributed by atoms with van der Waals surface area (Å²) in [4.78, 5) is 90.2. The van der Waals surface area contributed by atoms with Crippen molar-refractivity contribution in [1.82, 2.24) is 60.9 Å². The van der Waals surface area contributed by atoms with Gasteiger partial charge in [0.2, 0.25) is 30.7 Å². The molecule has 6 aromatic carbocycles. The molecule has 11 aromatic rings. The number of carbonyl (C=O) groups excluding carboxylic acids is 5. The topological polar surface area (TPSA) is 653 Å². The van der Waals surface area contributed by atoms with Crippen molar-refractivity contribution >= 4 is 130 Å². The summed E-state index contributed by atoms with van der Waals surface area (Å²) in [6, 6.07) is 29.8. The fourth-order valence-corrected chi connectivity index (χ4v) is 16.8. The van der Waals surface area contributed by atoms with Crippen molar-refractivity contribution in [3.8, 4) is 46.8 Å². The number of thiazole rings is 3. The van der Waals surface area contributed by atoms with Crippen LogP contribution in [0.25, 0.3) is 41.1 Å². The average molecular weight is 1910 g/mol. The number of carbonyl (C=O) groups is 6. The maximum Gasteiger partial charge on any atom is 1.00 e. The van der Waals surface area contributed by atoms with E-state index >= 15 is 0 Å². The number of aliphatic hydroxyl groups excluding tert-OH is 3. The fraction of sp³-hybridized carbons (Fsp3) is 0.362. The molecule has 0 aliphatic rings. The number of ether oxygens (including phenoxy) is 8. The fourth-order valence-electron chi connectivity index (χ4n) is 11.8. The Kier molecular flexibility index (Phi) is 41.7. The summed E-state index contributed by atoms with van der Waals surface area (Å²) in [6.45, 7) is 11.2. The summed E-state index contributed by atoms with van der Waals surface area (Å²) in [5.41, 5.74) is 13.2. The van der Waals surface area contributed by atoms with Crippen LogP contribution >= 0.6 is 34.0 Å². The first-order valence-electron chi connectivity index (χ1n) is 38.6. The zero-order chi connectivity index (χ0) is 93.6. The molecule has 0 saturated heterocycles. The smallest absolute Gasteiger partial charge is 0.870 e. The number of sulfonamides is 3. The molecule has 0 bridgehead atoms. The number of nitrogens with two attached hydrogens (primary N) is 3. The Balaban J connectivity index is 0.000000280. The number of aromatic nitrogens is 9. The van der Waals surface area contributed by atoms with Crippen molar-refractivity contribution in [2.24, 2.45) is 38.3 Å². The zero-order valence-electron chi connectivity index (χ0n) is 71.5. The van der Waals surface area contributed by atoms with Gasteiger partial charge in [-0.1, -0.05) is 99.4 Å². The van der Waals surface area contributed by atoms with Gasteiger partial charge >= 0.3 is 36.8 Å². The summed E-state index contributed by atoms with van der Waals surface area (Å²) in [7, 11) is -9.10. The third-order valence-electron chi connectivity index (χ3n) is 17.8. The Labute approximate surface area is 769 Å². The van der Waals surface area contributed by atoms with E-state index in [1.165, 1.54) is 23.6 Å². The van der Waals surface area contributed by atoms with E-state index < -0.39 is 102 Å². The Morgan fingerprint density at radius 3 is 1.10 bits per heavy atom. The standard InChI is InChI=1S/C27H32N6O8S2.C26H30N6O8S2.C17H24N4O5.C10H8N2O3S2.Li.H2O/c1-16(2)24(25(35)29-22(26(36)39-3)12-17-4-6-19(7-5-17)40-11-10-34)33-14-18(31-32-33)15-41-20-8-9-21-23(13-20)42-27(30-21)43(28,37)38;1-15(2)23(24(34)28-21(25(35)36)11-16-3-5-18(6-4-16)39-10-9-33)32-13-17(30-31-32)14-40-19-7-8-20-22(12-19)41-26(29-20)42(27,37)38;1-11(2)15(20-21-18)16(23)19-14(17(24)25-3)10-12-4-6-13(7-5-12)26-9-8-22;1-2-5-15-7-3-4-8-9(6-7)16-10(12-8)17(11,13)14;;/h4-9,13-14,16,22,24,34H,10-12,15H2,1-3H3,(H,29,35)(H2,28,37,38);3-8,12-13,15,21,23,33H,9-11,14H2,1-2H3,(H,28,34)(H,35,36)(H2,27,37,38);4-7,11,14-15,22H,8-10H2,1-3H3,(H,19,23);1,3-4,6H,5H2,(H2,11,13,14);;1H2/q;;;;+1;/p-1/t22-,24-;21-,23-;14-,15-;;;/m000.../s1. The quantitative estimate of drug-likeness (QED) is 0.00657. The largest absolute Gasteiger partial charge is 1.00 e. The number of amides is 3. The van der Waals surface area contributed by atoms with Crippen LogP contribution in [-0.2, 0) is 101 Å². The van der Waals surface area contributed by atoms with Crippen molar-refractivity contribution in [2.45, 2.75) is 123 Å². The predicted octanol–water partition coefficient (Wildman–Crippen LogP) is 2.45. The summed E-state index contributed by atoms with van der Waals surface area (Å²) in [5, 5.41) is 79.5. The second-order valence-electron chi connectivity index (χ2n) is 28.5. The minimum atomic E-state index is -3.92. The van der Waals surface area contributed by atoms with Crippen molar-refractivity contribution in [2.75, 3.05) is 60.5 Å². The molecule has 0 aliphatic heterocycles. The molecular formula is C80H95LiN18O25S6. The van der Waals surface area contributed by atoms with Crippen LogP contribution in [0.4, 0.5) is 0 Å². The number of hydrogen-bond acceptors (Lipinski definition) is 35. The zero-order valence-corrected chi connectivity index (χ0v) is 76.4. The Morgan fingerprint density at radius 2 is 0.808 bits per heavy atom. The second kappa shape index (κ2) is 50.8. The molecule has 0 saturated carbocycles.